The molecule has 2 bridgehead atoms. The molecular weight excluding hydrogens is 250 g/mol. The molecule has 0 aromatic rings. The van der Waals surface area contributed by atoms with Gasteiger partial charge < -0.3 is 5.11 Å². The van der Waals surface area contributed by atoms with Crippen LogP contribution < -0.4 is 0 Å². The second-order valence-electron chi connectivity index (χ2n) is 7.52. The molecule has 1 heterocycles. The summed E-state index contributed by atoms with van der Waals surface area (Å²) in [6.07, 6.45) is 1.62. The fourth-order valence-corrected chi connectivity index (χ4v) is 6.64. The second kappa shape index (κ2) is 3.70. The van der Waals surface area contributed by atoms with Crippen LogP contribution in [0, 0.1) is 23.2 Å². The molecule has 18 heavy (non-hydrogen) atoms. The average molecular weight is 273 g/mol. The molecule has 1 aliphatic heterocycles. The smallest absolute Gasteiger partial charge is 0.214 e. The number of rotatable bonds is 2. The maximum Gasteiger partial charge on any atom is 0.214 e. The third-order valence-electron chi connectivity index (χ3n) is 4.78. The standard InChI is InChI=1S/C13H23NO3S/c1-13(2,3)7-18(16,17)14-6-9-4-8-5-10(9)11(14)12(8)15/h8-12,15H,4-7H2,1-3H3. The highest BCUT2D eigenvalue weighted by Gasteiger charge is 2.61. The lowest BCUT2D eigenvalue weighted by Crippen LogP contribution is -2.46. The molecule has 5 atom stereocenters. The van der Waals surface area contributed by atoms with Crippen LogP contribution in [0.5, 0.6) is 0 Å². The zero-order chi connectivity index (χ0) is 13.3. The molecule has 104 valence electrons. The molecule has 1 saturated heterocycles. The highest BCUT2D eigenvalue weighted by molar-refractivity contribution is 7.89. The zero-order valence-corrected chi connectivity index (χ0v) is 12.2. The van der Waals surface area contributed by atoms with Crippen LogP contribution in [0.3, 0.4) is 0 Å². The van der Waals surface area contributed by atoms with Crippen LogP contribution in [0.4, 0.5) is 0 Å². The Morgan fingerprint density at radius 3 is 2.44 bits per heavy atom. The molecule has 2 aliphatic carbocycles. The number of nitrogens with zero attached hydrogens (tertiary/aromatic N) is 1. The van der Waals surface area contributed by atoms with E-state index in [0.29, 0.717) is 24.3 Å². The molecule has 0 aromatic heterocycles. The van der Waals surface area contributed by atoms with Gasteiger partial charge in [0.2, 0.25) is 10.0 Å². The number of aliphatic hydroxyl groups excluding tert-OH is 1. The lowest BCUT2D eigenvalue weighted by atomic mass is 9.88. The molecule has 3 rings (SSSR count). The van der Waals surface area contributed by atoms with Crippen molar-refractivity contribution in [3.05, 3.63) is 0 Å². The molecule has 0 amide bonds. The highest BCUT2D eigenvalue weighted by Crippen LogP contribution is 2.55. The van der Waals surface area contributed by atoms with Gasteiger partial charge in [0.05, 0.1) is 17.9 Å². The monoisotopic (exact) mass is 273 g/mol. The third kappa shape index (κ3) is 1.82. The predicted molar refractivity (Wildman–Crippen MR) is 69.4 cm³/mol. The first-order valence-corrected chi connectivity index (χ1v) is 8.47. The van der Waals surface area contributed by atoms with Crippen molar-refractivity contribution in [2.45, 2.75) is 45.8 Å². The van der Waals surface area contributed by atoms with E-state index in [1.54, 1.807) is 4.31 Å². The first-order chi connectivity index (χ1) is 8.19. The van der Waals surface area contributed by atoms with Crippen molar-refractivity contribution >= 4 is 10.0 Å². The Hall–Kier alpha value is -0.130. The van der Waals surface area contributed by atoms with Crippen molar-refractivity contribution in [2.24, 2.45) is 23.2 Å². The summed E-state index contributed by atoms with van der Waals surface area (Å²) in [5, 5.41) is 10.2. The normalized spacial score (nSPS) is 43.9. The third-order valence-corrected chi connectivity index (χ3v) is 7.12. The van der Waals surface area contributed by atoms with E-state index in [0.717, 1.165) is 12.8 Å². The molecule has 3 aliphatic rings. The van der Waals surface area contributed by atoms with Crippen LogP contribution >= 0.6 is 0 Å². The van der Waals surface area contributed by atoms with Crippen LogP contribution in [0.25, 0.3) is 0 Å². The lowest BCUT2D eigenvalue weighted by molar-refractivity contribution is 0.0729. The summed E-state index contributed by atoms with van der Waals surface area (Å²) in [6.45, 7) is 6.48. The number of hydrogen-bond acceptors (Lipinski definition) is 3. The summed E-state index contributed by atoms with van der Waals surface area (Å²) in [6, 6.07) is -0.124. The van der Waals surface area contributed by atoms with Crippen molar-refractivity contribution in [3.8, 4) is 0 Å². The van der Waals surface area contributed by atoms with Crippen LogP contribution in [-0.4, -0.2) is 42.3 Å². The van der Waals surface area contributed by atoms with Crippen molar-refractivity contribution in [3.63, 3.8) is 0 Å². The van der Waals surface area contributed by atoms with Gasteiger partial charge in [-0.05, 0) is 36.0 Å². The molecule has 4 nitrogen and oxygen atoms in total. The van der Waals surface area contributed by atoms with Crippen LogP contribution in [-0.2, 0) is 10.0 Å². The van der Waals surface area contributed by atoms with E-state index in [9.17, 15) is 13.5 Å². The van der Waals surface area contributed by atoms with Gasteiger partial charge in [-0.25, -0.2) is 8.42 Å². The predicted octanol–water partition coefficient (Wildman–Crippen LogP) is 1.06. The van der Waals surface area contributed by atoms with Gasteiger partial charge in [0.25, 0.3) is 0 Å². The maximum absolute atomic E-state index is 12.5. The van der Waals surface area contributed by atoms with E-state index >= 15 is 0 Å². The van der Waals surface area contributed by atoms with Crippen molar-refractivity contribution in [2.75, 3.05) is 12.3 Å². The summed E-state index contributed by atoms with van der Waals surface area (Å²) in [5.74, 6) is 1.44. The Bertz CT molecular complexity index is 451. The molecular formula is C13H23NO3S. The summed E-state index contributed by atoms with van der Waals surface area (Å²) in [5.41, 5.74) is -0.233. The second-order valence-corrected chi connectivity index (χ2v) is 9.44. The average Bonchev–Trinajstić information content (AvgIpc) is 2.71. The Labute approximate surface area is 109 Å². The van der Waals surface area contributed by atoms with Gasteiger partial charge >= 0.3 is 0 Å². The number of aliphatic hydroxyl groups is 1. The van der Waals surface area contributed by atoms with Crippen LogP contribution in [0.1, 0.15) is 33.6 Å². The quantitative estimate of drug-likeness (QED) is 0.818. The fraction of sp³-hybridized carbons (Fsp3) is 1.00. The van der Waals surface area contributed by atoms with Gasteiger partial charge in [-0.15, -0.1) is 0 Å². The van der Waals surface area contributed by atoms with E-state index in [1.165, 1.54) is 0 Å². The molecule has 0 radical (unpaired) electrons. The first-order valence-electron chi connectivity index (χ1n) is 6.87. The molecule has 0 aromatic carbocycles. The van der Waals surface area contributed by atoms with Gasteiger partial charge in [-0.2, -0.15) is 4.31 Å². The Balaban J connectivity index is 1.86. The summed E-state index contributed by atoms with van der Waals surface area (Å²) in [7, 11) is -3.24. The van der Waals surface area contributed by atoms with E-state index in [2.05, 4.69) is 0 Å². The SMILES string of the molecule is CC(C)(C)CS(=O)(=O)N1CC2CC3CC2C1C3O. The van der Waals surface area contributed by atoms with Crippen molar-refractivity contribution < 1.29 is 13.5 Å². The van der Waals surface area contributed by atoms with E-state index in [4.69, 9.17) is 0 Å². The van der Waals surface area contributed by atoms with Gasteiger partial charge in [0.15, 0.2) is 0 Å². The minimum Gasteiger partial charge on any atom is -0.391 e. The minimum absolute atomic E-state index is 0.124. The van der Waals surface area contributed by atoms with Crippen LogP contribution in [0.15, 0.2) is 0 Å². The Kier molecular flexibility index (Phi) is 2.65. The van der Waals surface area contributed by atoms with Crippen LogP contribution in [0.2, 0.25) is 0 Å². The van der Waals surface area contributed by atoms with Crippen molar-refractivity contribution in [1.82, 2.24) is 4.31 Å². The molecule has 1 N–H and O–H groups in total. The zero-order valence-electron chi connectivity index (χ0n) is 11.3. The maximum atomic E-state index is 12.5. The largest absolute Gasteiger partial charge is 0.391 e. The van der Waals surface area contributed by atoms with Crippen molar-refractivity contribution in [1.29, 1.82) is 0 Å². The highest BCUT2D eigenvalue weighted by atomic mass is 32.2. The topological polar surface area (TPSA) is 57.6 Å². The van der Waals surface area contributed by atoms with E-state index < -0.39 is 16.1 Å². The number of hydrogen-bond donors (Lipinski definition) is 1. The number of sulfonamides is 1. The molecule has 0 spiro atoms. The van der Waals surface area contributed by atoms with Gasteiger partial charge in [0, 0.05) is 6.54 Å². The van der Waals surface area contributed by atoms with E-state index in [1.807, 2.05) is 20.8 Å². The van der Waals surface area contributed by atoms with E-state index in [-0.39, 0.29) is 17.2 Å². The summed E-state index contributed by atoms with van der Waals surface area (Å²) < 4.78 is 26.7. The lowest BCUT2D eigenvalue weighted by Gasteiger charge is -2.30. The summed E-state index contributed by atoms with van der Waals surface area (Å²) in [4.78, 5) is 0. The first kappa shape index (κ1) is 12.9. The molecule has 3 fully saturated rings. The number of fused-ring (bicyclic) bond motifs is 1. The van der Waals surface area contributed by atoms with Gasteiger partial charge in [-0.3, -0.25) is 0 Å². The fourth-order valence-electron chi connectivity index (χ4n) is 4.31. The Morgan fingerprint density at radius 1 is 1.22 bits per heavy atom. The summed E-state index contributed by atoms with van der Waals surface area (Å²) >= 11 is 0. The minimum atomic E-state index is -3.24. The van der Waals surface area contributed by atoms with Gasteiger partial charge in [0.1, 0.15) is 0 Å². The Morgan fingerprint density at radius 2 is 1.89 bits per heavy atom. The van der Waals surface area contributed by atoms with Gasteiger partial charge in [-0.1, -0.05) is 20.8 Å². The molecule has 2 saturated carbocycles. The molecule has 5 unspecified atom stereocenters. The molecule has 5 heteroatoms.